The van der Waals surface area contributed by atoms with Crippen molar-refractivity contribution in [2.24, 2.45) is 0 Å². The van der Waals surface area contributed by atoms with Crippen molar-refractivity contribution in [3.8, 4) is 0 Å². The first-order valence-electron chi connectivity index (χ1n) is 4.08. The van der Waals surface area contributed by atoms with Gasteiger partial charge in [0.05, 0.1) is 0 Å². The van der Waals surface area contributed by atoms with Gasteiger partial charge in [0, 0.05) is 23.7 Å². The van der Waals surface area contributed by atoms with Crippen LogP contribution in [0.4, 0.5) is 0 Å². The minimum atomic E-state index is 0.526. The maximum Gasteiger partial charge on any atom is 0.154 e. The van der Waals surface area contributed by atoms with E-state index in [2.05, 4.69) is 36.6 Å². The predicted molar refractivity (Wildman–Crippen MR) is 51.0 cm³/mol. The van der Waals surface area contributed by atoms with Crippen LogP contribution in [0.1, 0.15) is 12.8 Å². The summed E-state index contributed by atoms with van der Waals surface area (Å²) in [5.74, 6) is 0. The van der Waals surface area contributed by atoms with Crippen LogP contribution in [0.3, 0.4) is 0 Å². The average Bonchev–Trinajstić information content (AvgIpc) is 2.87. The lowest BCUT2D eigenvalue weighted by Gasteiger charge is -1.98. The van der Waals surface area contributed by atoms with Crippen LogP contribution in [0.2, 0.25) is 0 Å². The van der Waals surface area contributed by atoms with Gasteiger partial charge in [-0.15, -0.1) is 0 Å². The van der Waals surface area contributed by atoms with E-state index in [1.165, 1.54) is 17.7 Å². The molecule has 1 aromatic rings. The van der Waals surface area contributed by atoms with Gasteiger partial charge in [0.15, 0.2) is 4.90 Å². The number of benzene rings is 1. The van der Waals surface area contributed by atoms with Gasteiger partial charge >= 0.3 is 0 Å². The Morgan fingerprint density at radius 3 is 2.36 bits per heavy atom. The number of rotatable bonds is 2. The maximum atomic E-state index is 2.37. The lowest BCUT2D eigenvalue weighted by atomic mass is 10.4. The smallest absolute Gasteiger partial charge is 0.0619 e. The fraction of sp³-hybridized carbons (Fsp3) is 0.400. The third kappa shape index (κ3) is 1.59. The molecule has 0 N–H and O–H groups in total. The molecule has 0 aliphatic heterocycles. The Kier molecular flexibility index (Phi) is 1.91. The lowest BCUT2D eigenvalue weighted by Crippen LogP contribution is -2.04. The Morgan fingerprint density at radius 1 is 1.18 bits per heavy atom. The van der Waals surface area contributed by atoms with Crippen molar-refractivity contribution in [2.45, 2.75) is 23.0 Å². The molecule has 1 aliphatic rings. The molecule has 0 saturated heterocycles. The first-order valence-corrected chi connectivity index (χ1v) is 5.77. The van der Waals surface area contributed by atoms with Crippen LogP contribution in [0.5, 0.6) is 0 Å². The van der Waals surface area contributed by atoms with Crippen LogP contribution in [-0.2, 0) is 10.9 Å². The summed E-state index contributed by atoms with van der Waals surface area (Å²) in [6, 6.07) is 10.9. The van der Waals surface area contributed by atoms with Crippen LogP contribution in [0.15, 0.2) is 35.2 Å². The van der Waals surface area contributed by atoms with Crippen LogP contribution in [-0.4, -0.2) is 11.5 Å². The summed E-state index contributed by atoms with van der Waals surface area (Å²) in [6.45, 7) is 0. The summed E-state index contributed by atoms with van der Waals surface area (Å²) in [5, 5.41) is 1.01. The fourth-order valence-corrected chi connectivity index (χ4v) is 3.06. The first-order chi connectivity index (χ1) is 5.38. The summed E-state index contributed by atoms with van der Waals surface area (Å²) in [7, 11) is 0.526. The van der Waals surface area contributed by atoms with Gasteiger partial charge in [-0.05, 0) is 12.1 Å². The van der Waals surface area contributed by atoms with Crippen LogP contribution < -0.4 is 0 Å². The molecule has 1 heteroatoms. The van der Waals surface area contributed by atoms with Gasteiger partial charge in [-0.1, -0.05) is 18.2 Å². The van der Waals surface area contributed by atoms with E-state index in [-0.39, 0.29) is 0 Å². The highest BCUT2D eigenvalue weighted by molar-refractivity contribution is 7.97. The van der Waals surface area contributed by atoms with E-state index < -0.39 is 0 Å². The van der Waals surface area contributed by atoms with Crippen LogP contribution in [0.25, 0.3) is 0 Å². The second-order valence-electron chi connectivity index (χ2n) is 3.07. The van der Waals surface area contributed by atoms with E-state index in [9.17, 15) is 0 Å². The normalized spacial score (nSPS) is 19.7. The van der Waals surface area contributed by atoms with Crippen molar-refractivity contribution < 1.29 is 0 Å². The number of hydrogen-bond donors (Lipinski definition) is 0. The van der Waals surface area contributed by atoms with Gasteiger partial charge in [0.25, 0.3) is 0 Å². The molecule has 2 rings (SSSR count). The molecular weight excluding hydrogens is 152 g/mol. The quantitative estimate of drug-likeness (QED) is 0.590. The molecule has 1 fully saturated rings. The molecule has 1 saturated carbocycles. The van der Waals surface area contributed by atoms with Crippen molar-refractivity contribution in [3.05, 3.63) is 30.3 Å². The highest BCUT2D eigenvalue weighted by atomic mass is 32.2. The van der Waals surface area contributed by atoms with Crippen molar-refractivity contribution >= 4 is 10.9 Å². The molecule has 0 amide bonds. The zero-order valence-electron chi connectivity index (χ0n) is 6.79. The van der Waals surface area contributed by atoms with Gasteiger partial charge in [-0.25, -0.2) is 0 Å². The molecule has 58 valence electrons. The van der Waals surface area contributed by atoms with Crippen LogP contribution in [0, 0.1) is 0 Å². The third-order valence-electron chi connectivity index (χ3n) is 2.14. The summed E-state index contributed by atoms with van der Waals surface area (Å²) in [6.07, 6.45) is 5.27. The monoisotopic (exact) mass is 165 g/mol. The third-order valence-corrected chi connectivity index (χ3v) is 4.63. The van der Waals surface area contributed by atoms with Gasteiger partial charge in [0.2, 0.25) is 0 Å². The largest absolute Gasteiger partial charge is 0.154 e. The summed E-state index contributed by atoms with van der Waals surface area (Å²) in [5.41, 5.74) is 0. The van der Waals surface area contributed by atoms with Gasteiger partial charge in [0.1, 0.15) is 11.5 Å². The molecule has 1 aromatic carbocycles. The average molecular weight is 165 g/mol. The Morgan fingerprint density at radius 2 is 1.82 bits per heavy atom. The molecule has 1 atom stereocenters. The highest BCUT2D eigenvalue weighted by Gasteiger charge is 2.38. The Balaban J connectivity index is 2.15. The van der Waals surface area contributed by atoms with E-state index in [0.717, 1.165) is 5.25 Å². The van der Waals surface area contributed by atoms with Gasteiger partial charge in [-0.3, -0.25) is 0 Å². The molecule has 0 nitrogen and oxygen atoms in total. The second-order valence-corrected chi connectivity index (χ2v) is 5.32. The summed E-state index contributed by atoms with van der Waals surface area (Å²) < 4.78 is 0. The zero-order chi connectivity index (χ0) is 7.68. The van der Waals surface area contributed by atoms with E-state index in [1.54, 1.807) is 0 Å². The molecule has 0 radical (unpaired) electrons. The van der Waals surface area contributed by atoms with E-state index in [1.807, 2.05) is 0 Å². The van der Waals surface area contributed by atoms with Gasteiger partial charge in [-0.2, -0.15) is 0 Å². The molecule has 0 bridgehead atoms. The molecular formula is C10H13S+. The summed E-state index contributed by atoms with van der Waals surface area (Å²) >= 11 is 0. The van der Waals surface area contributed by atoms with Crippen molar-refractivity contribution in [3.63, 3.8) is 0 Å². The Bertz CT molecular complexity index is 226. The second kappa shape index (κ2) is 2.90. The zero-order valence-corrected chi connectivity index (χ0v) is 7.60. The predicted octanol–water partition coefficient (Wildman–Crippen LogP) is 2.46. The minimum Gasteiger partial charge on any atom is -0.0619 e. The molecule has 1 unspecified atom stereocenters. The fourth-order valence-electron chi connectivity index (χ4n) is 1.25. The van der Waals surface area contributed by atoms with Crippen molar-refractivity contribution in [1.82, 2.24) is 0 Å². The highest BCUT2D eigenvalue weighted by Crippen LogP contribution is 2.33. The van der Waals surface area contributed by atoms with E-state index in [0.29, 0.717) is 10.9 Å². The number of hydrogen-bond acceptors (Lipinski definition) is 0. The molecule has 11 heavy (non-hydrogen) atoms. The van der Waals surface area contributed by atoms with Crippen LogP contribution >= 0.6 is 0 Å². The molecule has 1 aliphatic carbocycles. The molecule has 0 spiro atoms. The van der Waals surface area contributed by atoms with Crippen molar-refractivity contribution in [2.75, 3.05) is 6.26 Å². The first kappa shape index (κ1) is 7.23. The topological polar surface area (TPSA) is 0 Å². The standard InChI is InChI=1S/C10H13S/c1-11(10-7-8-10)9-5-3-2-4-6-9/h2-6,10H,7-8H2,1H3/q+1. The van der Waals surface area contributed by atoms with E-state index >= 15 is 0 Å². The Hall–Kier alpha value is -0.430. The molecule has 0 aromatic heterocycles. The Labute approximate surface area is 71.0 Å². The summed E-state index contributed by atoms with van der Waals surface area (Å²) in [4.78, 5) is 1.54. The molecule has 0 heterocycles. The maximum absolute atomic E-state index is 2.37. The van der Waals surface area contributed by atoms with Gasteiger partial charge < -0.3 is 0 Å². The lowest BCUT2D eigenvalue weighted by molar-refractivity contribution is 1.39. The van der Waals surface area contributed by atoms with E-state index in [4.69, 9.17) is 0 Å². The van der Waals surface area contributed by atoms with Crippen molar-refractivity contribution in [1.29, 1.82) is 0 Å². The minimum absolute atomic E-state index is 0.526. The SMILES string of the molecule is C[S+](c1ccccc1)C1CC1.